The summed E-state index contributed by atoms with van der Waals surface area (Å²) in [4.78, 5) is 25.5. The average molecular weight is 484 g/mol. The third-order valence-corrected chi connectivity index (χ3v) is 6.09. The molecule has 3 atom stereocenters. The summed E-state index contributed by atoms with van der Waals surface area (Å²) in [6.45, 7) is 2.27. The number of hydrogen-bond acceptors (Lipinski definition) is 6. The van der Waals surface area contributed by atoms with E-state index in [1.54, 1.807) is 41.9 Å². The standard InChI is InChI=1S/C23H23ClFN7O2/c1-13-10-19(27-20(33)11-14-2-6-16(25)7-3-14)32(30-13)23-28-21-18(22(34)29-23)12-26-31(21)17-8-4-15(24)5-9-17/h2-10,18,21,23,26,28H,11-12H2,1H3,(H,27,33)(H,29,34). The molecule has 3 heterocycles. The van der Waals surface area contributed by atoms with Crippen molar-refractivity contribution in [3.63, 3.8) is 0 Å². The van der Waals surface area contributed by atoms with E-state index in [2.05, 4.69) is 26.5 Å². The molecule has 1 aromatic heterocycles. The highest BCUT2D eigenvalue weighted by Gasteiger charge is 2.45. The molecule has 0 saturated carbocycles. The highest BCUT2D eigenvalue weighted by molar-refractivity contribution is 6.30. The summed E-state index contributed by atoms with van der Waals surface area (Å²) in [6, 6.07) is 14.8. The fourth-order valence-electron chi connectivity index (χ4n) is 4.23. The van der Waals surface area contributed by atoms with Gasteiger partial charge in [0, 0.05) is 17.6 Å². The van der Waals surface area contributed by atoms with Gasteiger partial charge >= 0.3 is 0 Å². The van der Waals surface area contributed by atoms with E-state index in [1.165, 1.54) is 12.1 Å². The van der Waals surface area contributed by atoms with Crippen LogP contribution in [-0.2, 0) is 16.0 Å². The Balaban J connectivity index is 1.34. The fourth-order valence-corrected chi connectivity index (χ4v) is 4.35. The third-order valence-electron chi connectivity index (χ3n) is 5.84. The third kappa shape index (κ3) is 4.47. The van der Waals surface area contributed by atoms with Gasteiger partial charge < -0.3 is 10.6 Å². The lowest BCUT2D eigenvalue weighted by molar-refractivity contribution is -0.129. The van der Waals surface area contributed by atoms with Crippen LogP contribution in [0.25, 0.3) is 0 Å². The quantitative estimate of drug-likeness (QED) is 0.444. The van der Waals surface area contributed by atoms with Crippen molar-refractivity contribution in [1.29, 1.82) is 0 Å². The predicted octanol–water partition coefficient (Wildman–Crippen LogP) is 2.31. The topological polar surface area (TPSA) is 103 Å². The van der Waals surface area contributed by atoms with Crippen molar-refractivity contribution < 1.29 is 14.0 Å². The summed E-state index contributed by atoms with van der Waals surface area (Å²) in [5.74, 6) is -0.651. The molecule has 0 bridgehead atoms. The van der Waals surface area contributed by atoms with Gasteiger partial charge in [0.05, 0.1) is 23.7 Å². The Morgan fingerprint density at radius 1 is 1.21 bits per heavy atom. The number of aromatic nitrogens is 2. The lowest BCUT2D eigenvalue weighted by atomic mass is 10.0. The van der Waals surface area contributed by atoms with Crippen molar-refractivity contribution in [3.05, 3.63) is 76.7 Å². The van der Waals surface area contributed by atoms with Crippen LogP contribution in [0, 0.1) is 18.7 Å². The number of benzene rings is 2. The number of nitrogens with zero attached hydrogens (tertiary/aromatic N) is 3. The molecule has 0 aliphatic carbocycles. The van der Waals surface area contributed by atoms with E-state index in [0.29, 0.717) is 28.6 Å². The molecule has 2 amide bonds. The van der Waals surface area contributed by atoms with Crippen molar-refractivity contribution >= 4 is 34.9 Å². The lowest BCUT2D eigenvalue weighted by Crippen LogP contribution is -2.61. The first kappa shape index (κ1) is 22.3. The minimum Gasteiger partial charge on any atom is -0.321 e. The summed E-state index contributed by atoms with van der Waals surface area (Å²) in [5, 5.41) is 16.2. The van der Waals surface area contributed by atoms with Gasteiger partial charge in [-0.25, -0.2) is 14.5 Å². The Morgan fingerprint density at radius 3 is 2.68 bits per heavy atom. The highest BCUT2D eigenvalue weighted by atomic mass is 35.5. The number of halogens is 2. The van der Waals surface area contributed by atoms with Gasteiger partial charge in [-0.2, -0.15) is 5.10 Å². The van der Waals surface area contributed by atoms with Crippen LogP contribution < -0.4 is 26.4 Å². The molecular weight excluding hydrogens is 461 g/mol. The van der Waals surface area contributed by atoms with E-state index in [-0.39, 0.29) is 36.1 Å². The largest absolute Gasteiger partial charge is 0.321 e. The molecule has 2 aromatic carbocycles. The monoisotopic (exact) mass is 483 g/mol. The number of hydrogen-bond donors (Lipinski definition) is 4. The van der Waals surface area contributed by atoms with Crippen LogP contribution in [-0.4, -0.2) is 34.3 Å². The second-order valence-corrected chi connectivity index (χ2v) is 8.74. The van der Waals surface area contributed by atoms with Gasteiger partial charge in [-0.3, -0.25) is 19.9 Å². The molecule has 2 saturated heterocycles. The van der Waals surface area contributed by atoms with Gasteiger partial charge in [0.25, 0.3) is 0 Å². The van der Waals surface area contributed by atoms with E-state index in [4.69, 9.17) is 11.6 Å². The van der Waals surface area contributed by atoms with E-state index < -0.39 is 6.29 Å². The number of nitrogens with one attached hydrogen (secondary N) is 4. The molecule has 4 N–H and O–H groups in total. The minimum absolute atomic E-state index is 0.0773. The maximum absolute atomic E-state index is 13.1. The zero-order valence-electron chi connectivity index (χ0n) is 18.3. The van der Waals surface area contributed by atoms with Gasteiger partial charge in [0.15, 0.2) is 6.29 Å². The molecule has 5 rings (SSSR count). The number of carbonyl (C=O) groups excluding carboxylic acids is 2. The number of aryl methyl sites for hydroxylation is 1. The predicted molar refractivity (Wildman–Crippen MR) is 125 cm³/mol. The summed E-state index contributed by atoms with van der Waals surface area (Å²) in [6.07, 6.45) is -0.945. The Bertz CT molecular complexity index is 1220. The summed E-state index contributed by atoms with van der Waals surface area (Å²) >= 11 is 6.02. The Labute approximate surface area is 200 Å². The van der Waals surface area contributed by atoms with Crippen LogP contribution in [0.4, 0.5) is 15.9 Å². The Morgan fingerprint density at radius 2 is 1.94 bits per heavy atom. The maximum Gasteiger partial charge on any atom is 0.230 e. The number of fused-ring (bicyclic) bond motifs is 1. The SMILES string of the molecule is Cc1cc(NC(=O)Cc2ccc(F)cc2)n(C2NC(=O)C3CNN(c4ccc(Cl)cc4)C3N2)n1. The van der Waals surface area contributed by atoms with Crippen molar-refractivity contribution in [1.82, 2.24) is 25.8 Å². The molecule has 2 aliphatic heterocycles. The van der Waals surface area contributed by atoms with Crippen molar-refractivity contribution in [2.75, 3.05) is 16.9 Å². The van der Waals surface area contributed by atoms with Crippen molar-refractivity contribution in [2.24, 2.45) is 5.92 Å². The smallest absolute Gasteiger partial charge is 0.230 e. The molecule has 0 radical (unpaired) electrons. The van der Waals surface area contributed by atoms with Gasteiger partial charge in [-0.1, -0.05) is 23.7 Å². The van der Waals surface area contributed by atoms with Crippen molar-refractivity contribution in [2.45, 2.75) is 25.8 Å². The normalized spacial score (nSPS) is 21.8. The Kier molecular flexibility index (Phi) is 5.94. The van der Waals surface area contributed by atoms with E-state index in [0.717, 1.165) is 5.69 Å². The zero-order chi connectivity index (χ0) is 23.8. The van der Waals surface area contributed by atoms with Crippen LogP contribution in [0.1, 0.15) is 17.5 Å². The average Bonchev–Trinajstić information content (AvgIpc) is 3.39. The molecule has 2 fully saturated rings. The highest BCUT2D eigenvalue weighted by Crippen LogP contribution is 2.28. The maximum atomic E-state index is 13.1. The molecule has 34 heavy (non-hydrogen) atoms. The number of hydrazine groups is 1. The van der Waals surface area contributed by atoms with Gasteiger partial charge in [0.1, 0.15) is 17.8 Å². The van der Waals surface area contributed by atoms with Crippen LogP contribution in [0.3, 0.4) is 0 Å². The summed E-state index contributed by atoms with van der Waals surface area (Å²) < 4.78 is 14.7. The molecule has 176 valence electrons. The molecular formula is C23H23ClFN7O2. The van der Waals surface area contributed by atoms with Gasteiger partial charge in [0.2, 0.25) is 11.8 Å². The van der Waals surface area contributed by atoms with Crippen LogP contribution >= 0.6 is 11.6 Å². The minimum atomic E-state index is -0.682. The first-order valence-corrected chi connectivity index (χ1v) is 11.2. The van der Waals surface area contributed by atoms with E-state index in [9.17, 15) is 14.0 Å². The second kappa shape index (κ2) is 9.05. The molecule has 3 unspecified atom stereocenters. The van der Waals surface area contributed by atoms with Crippen LogP contribution in [0.15, 0.2) is 54.6 Å². The molecule has 0 spiro atoms. The molecule has 2 aliphatic rings. The summed E-state index contributed by atoms with van der Waals surface area (Å²) in [7, 11) is 0. The number of anilines is 2. The lowest BCUT2D eigenvalue weighted by Gasteiger charge is -2.37. The fraction of sp³-hybridized carbons (Fsp3) is 0.261. The zero-order valence-corrected chi connectivity index (χ0v) is 19.0. The van der Waals surface area contributed by atoms with Gasteiger partial charge in [-0.15, -0.1) is 0 Å². The molecule has 11 heteroatoms. The molecule has 9 nitrogen and oxygen atoms in total. The van der Waals surface area contributed by atoms with Gasteiger partial charge in [-0.05, 0) is 48.9 Å². The number of amides is 2. The van der Waals surface area contributed by atoms with E-state index >= 15 is 0 Å². The Hall–Kier alpha value is -3.47. The van der Waals surface area contributed by atoms with Crippen molar-refractivity contribution in [3.8, 4) is 0 Å². The van der Waals surface area contributed by atoms with E-state index in [1.807, 2.05) is 17.1 Å². The first-order chi connectivity index (χ1) is 16.4. The van der Waals surface area contributed by atoms with Crippen LogP contribution in [0.2, 0.25) is 5.02 Å². The summed E-state index contributed by atoms with van der Waals surface area (Å²) in [5.41, 5.74) is 5.48. The van der Waals surface area contributed by atoms with Crippen LogP contribution in [0.5, 0.6) is 0 Å². The number of rotatable bonds is 5. The first-order valence-electron chi connectivity index (χ1n) is 10.8. The molecule has 3 aromatic rings. The second-order valence-electron chi connectivity index (χ2n) is 8.30. The number of carbonyl (C=O) groups is 2.